The van der Waals surface area contributed by atoms with E-state index in [0.29, 0.717) is 5.76 Å². The molecule has 2 heterocycles. The van der Waals surface area contributed by atoms with Crippen molar-refractivity contribution in [3.8, 4) is 0 Å². The zero-order valence-corrected chi connectivity index (χ0v) is 11.7. The normalized spacial score (nSPS) is 11.1. The van der Waals surface area contributed by atoms with Crippen molar-refractivity contribution in [1.82, 2.24) is 0 Å². The first-order valence-electron chi connectivity index (χ1n) is 6.31. The van der Waals surface area contributed by atoms with E-state index in [9.17, 15) is 4.79 Å². The van der Waals surface area contributed by atoms with Crippen LogP contribution in [0.4, 0.5) is 0 Å². The van der Waals surface area contributed by atoms with Crippen LogP contribution in [0.3, 0.4) is 0 Å². The average molecular weight is 270 g/mol. The summed E-state index contributed by atoms with van der Waals surface area (Å²) in [6, 6.07) is 11.6. The molecule has 0 saturated heterocycles. The summed E-state index contributed by atoms with van der Waals surface area (Å²) >= 11 is 1.54. The second-order valence-corrected chi connectivity index (χ2v) is 5.72. The maximum atomic E-state index is 12.4. The molecule has 2 aromatic heterocycles. The van der Waals surface area contributed by atoms with Crippen molar-refractivity contribution in [1.29, 1.82) is 0 Å². The Hall–Kier alpha value is -1.87. The molecule has 0 fully saturated rings. The van der Waals surface area contributed by atoms with Crippen LogP contribution in [0.25, 0.3) is 11.0 Å². The summed E-state index contributed by atoms with van der Waals surface area (Å²) in [5.41, 5.74) is 1.86. The molecular weight excluding hydrogens is 256 g/mol. The third kappa shape index (κ3) is 2.10. The van der Waals surface area contributed by atoms with Crippen LogP contribution >= 0.6 is 11.3 Å². The van der Waals surface area contributed by atoms with Crippen molar-refractivity contribution in [2.24, 2.45) is 0 Å². The minimum Gasteiger partial charge on any atom is -0.452 e. The van der Waals surface area contributed by atoms with Gasteiger partial charge in [-0.05, 0) is 37.1 Å². The molecule has 0 amide bonds. The Morgan fingerprint density at radius 2 is 2.11 bits per heavy atom. The van der Waals surface area contributed by atoms with Crippen LogP contribution in [0.2, 0.25) is 0 Å². The number of carbonyl (C=O) groups excluding carboxylic acids is 1. The lowest BCUT2D eigenvalue weighted by atomic mass is 10.1. The summed E-state index contributed by atoms with van der Waals surface area (Å²) in [6.07, 6.45) is 0.956. The minimum atomic E-state index is -0.0275. The molecule has 0 bridgehead atoms. The molecule has 0 unspecified atom stereocenters. The zero-order valence-electron chi connectivity index (χ0n) is 10.9. The van der Waals surface area contributed by atoms with Crippen molar-refractivity contribution in [2.45, 2.75) is 20.3 Å². The van der Waals surface area contributed by atoms with Gasteiger partial charge in [0.05, 0.1) is 4.88 Å². The Kier molecular flexibility index (Phi) is 2.99. The van der Waals surface area contributed by atoms with Crippen molar-refractivity contribution in [3.63, 3.8) is 0 Å². The molecular formula is C16H14O2S. The van der Waals surface area contributed by atoms with Crippen LogP contribution in [-0.4, -0.2) is 5.78 Å². The van der Waals surface area contributed by atoms with Crippen LogP contribution in [0.5, 0.6) is 0 Å². The molecule has 0 N–H and O–H groups in total. The fourth-order valence-electron chi connectivity index (χ4n) is 2.13. The predicted molar refractivity (Wildman–Crippen MR) is 78.1 cm³/mol. The number of fused-ring (bicyclic) bond motifs is 1. The minimum absolute atomic E-state index is 0.0275. The van der Waals surface area contributed by atoms with Crippen LogP contribution in [0, 0.1) is 6.92 Å². The number of rotatable bonds is 3. The highest BCUT2D eigenvalue weighted by Gasteiger charge is 2.17. The lowest BCUT2D eigenvalue weighted by Crippen LogP contribution is -1.95. The van der Waals surface area contributed by atoms with Gasteiger partial charge in [0.2, 0.25) is 5.78 Å². The number of hydrogen-bond donors (Lipinski definition) is 0. The number of ketones is 1. The maximum absolute atomic E-state index is 12.4. The fraction of sp³-hybridized carbons (Fsp3) is 0.188. The number of thiophene rings is 1. The number of furan rings is 1. The van der Waals surface area contributed by atoms with Gasteiger partial charge >= 0.3 is 0 Å². The molecule has 0 aliphatic rings. The Morgan fingerprint density at radius 3 is 2.79 bits per heavy atom. The van der Waals surface area contributed by atoms with Gasteiger partial charge in [-0.15, -0.1) is 11.3 Å². The second-order valence-electron chi connectivity index (χ2n) is 4.55. The first kappa shape index (κ1) is 12.2. The highest BCUT2D eigenvalue weighted by Crippen LogP contribution is 2.26. The lowest BCUT2D eigenvalue weighted by Gasteiger charge is -1.93. The molecule has 0 aliphatic carbocycles. The Balaban J connectivity index is 2.04. The predicted octanol–water partition coefficient (Wildman–Crippen LogP) is 4.60. The number of aryl methyl sites for hydroxylation is 2. The Morgan fingerprint density at radius 1 is 1.26 bits per heavy atom. The van der Waals surface area contributed by atoms with Crippen molar-refractivity contribution in [3.05, 3.63) is 57.5 Å². The van der Waals surface area contributed by atoms with Gasteiger partial charge < -0.3 is 4.42 Å². The summed E-state index contributed by atoms with van der Waals surface area (Å²) in [6.45, 7) is 4.07. The van der Waals surface area contributed by atoms with Gasteiger partial charge in [0, 0.05) is 10.3 Å². The summed E-state index contributed by atoms with van der Waals surface area (Å²) < 4.78 is 5.72. The molecule has 0 atom stereocenters. The topological polar surface area (TPSA) is 30.2 Å². The van der Waals surface area contributed by atoms with Gasteiger partial charge in [0.25, 0.3) is 0 Å². The summed E-state index contributed by atoms with van der Waals surface area (Å²) in [5, 5.41) is 0.982. The van der Waals surface area contributed by atoms with E-state index in [-0.39, 0.29) is 5.78 Å². The molecule has 0 saturated carbocycles. The van der Waals surface area contributed by atoms with E-state index in [2.05, 4.69) is 6.92 Å². The zero-order chi connectivity index (χ0) is 13.4. The van der Waals surface area contributed by atoms with E-state index in [1.54, 1.807) is 11.3 Å². The third-order valence-electron chi connectivity index (χ3n) is 3.20. The third-order valence-corrected chi connectivity index (χ3v) is 4.43. The lowest BCUT2D eigenvalue weighted by molar-refractivity contribution is 0.101. The van der Waals surface area contributed by atoms with Gasteiger partial charge in [-0.25, -0.2) is 0 Å². The SMILES string of the molecule is CCc1ccc(C(=O)c2cc3cccc(C)c3o2)s1. The molecule has 19 heavy (non-hydrogen) atoms. The van der Waals surface area contributed by atoms with E-state index < -0.39 is 0 Å². The van der Waals surface area contributed by atoms with E-state index in [1.807, 2.05) is 43.3 Å². The first-order chi connectivity index (χ1) is 9.19. The molecule has 3 heteroatoms. The molecule has 1 aromatic carbocycles. The molecule has 3 aromatic rings. The molecule has 2 nitrogen and oxygen atoms in total. The Labute approximate surface area is 115 Å². The number of hydrogen-bond acceptors (Lipinski definition) is 3. The average Bonchev–Trinajstić information content (AvgIpc) is 3.05. The standard InChI is InChI=1S/C16H14O2S/c1-3-12-7-8-14(19-12)15(17)13-9-11-6-4-5-10(2)16(11)18-13/h4-9H,3H2,1-2H3. The van der Waals surface area contributed by atoms with E-state index >= 15 is 0 Å². The number of para-hydroxylation sites is 1. The smallest absolute Gasteiger partial charge is 0.238 e. The highest BCUT2D eigenvalue weighted by atomic mass is 32.1. The van der Waals surface area contributed by atoms with Gasteiger partial charge in [-0.1, -0.05) is 25.1 Å². The van der Waals surface area contributed by atoms with Crippen LogP contribution < -0.4 is 0 Å². The maximum Gasteiger partial charge on any atom is 0.238 e. The fourth-order valence-corrected chi connectivity index (χ4v) is 3.02. The van der Waals surface area contributed by atoms with Crippen LogP contribution in [0.15, 0.2) is 40.8 Å². The van der Waals surface area contributed by atoms with E-state index in [4.69, 9.17) is 4.42 Å². The molecule has 0 spiro atoms. The number of benzene rings is 1. The van der Waals surface area contributed by atoms with Gasteiger partial charge in [-0.3, -0.25) is 4.79 Å². The monoisotopic (exact) mass is 270 g/mol. The van der Waals surface area contributed by atoms with Crippen molar-refractivity contribution < 1.29 is 9.21 Å². The van der Waals surface area contributed by atoms with Crippen LogP contribution in [0.1, 0.15) is 32.8 Å². The largest absolute Gasteiger partial charge is 0.452 e. The second kappa shape index (κ2) is 4.67. The van der Waals surface area contributed by atoms with Gasteiger partial charge in [0.1, 0.15) is 5.58 Å². The first-order valence-corrected chi connectivity index (χ1v) is 7.13. The quantitative estimate of drug-likeness (QED) is 0.651. The van der Waals surface area contributed by atoms with Crippen LogP contribution in [-0.2, 0) is 6.42 Å². The summed E-state index contributed by atoms with van der Waals surface area (Å²) in [7, 11) is 0. The van der Waals surface area contributed by atoms with Gasteiger partial charge in [-0.2, -0.15) is 0 Å². The summed E-state index contributed by atoms with van der Waals surface area (Å²) in [5.74, 6) is 0.397. The number of carbonyl (C=O) groups is 1. The van der Waals surface area contributed by atoms with Gasteiger partial charge in [0.15, 0.2) is 5.76 Å². The van der Waals surface area contributed by atoms with E-state index in [1.165, 1.54) is 4.88 Å². The van der Waals surface area contributed by atoms with Crippen molar-refractivity contribution >= 4 is 28.1 Å². The molecule has 96 valence electrons. The highest BCUT2D eigenvalue weighted by molar-refractivity contribution is 7.14. The van der Waals surface area contributed by atoms with E-state index in [0.717, 1.165) is 27.8 Å². The molecule has 0 radical (unpaired) electrons. The van der Waals surface area contributed by atoms with Crippen molar-refractivity contribution in [2.75, 3.05) is 0 Å². The Bertz CT molecular complexity index is 749. The molecule has 3 rings (SSSR count). The summed E-state index contributed by atoms with van der Waals surface area (Å²) in [4.78, 5) is 14.3. The molecule has 0 aliphatic heterocycles.